The molecule has 0 amide bonds. The maximum atomic E-state index is 12.8. The van der Waals surface area contributed by atoms with E-state index in [0.717, 1.165) is 116 Å². The summed E-state index contributed by atoms with van der Waals surface area (Å²) in [5.74, 6) is -0.874. The number of esters is 3. The summed E-state index contributed by atoms with van der Waals surface area (Å²) in [6, 6.07) is 0. The molecule has 0 aromatic carbocycles. The molecule has 1 unspecified atom stereocenters. The summed E-state index contributed by atoms with van der Waals surface area (Å²) >= 11 is 0. The second kappa shape index (κ2) is 62.9. The van der Waals surface area contributed by atoms with Gasteiger partial charge in [0.25, 0.3) is 0 Å². The molecule has 0 saturated heterocycles. The van der Waals surface area contributed by atoms with Crippen molar-refractivity contribution in [1.29, 1.82) is 0 Å². The van der Waals surface area contributed by atoms with Crippen molar-refractivity contribution in [3.8, 4) is 0 Å². The topological polar surface area (TPSA) is 78.9 Å². The molecule has 6 heteroatoms. The molecule has 0 bridgehead atoms. The Bertz CT molecular complexity index is 1480. The first-order valence-corrected chi connectivity index (χ1v) is 31.7. The molecule has 0 radical (unpaired) electrons. The minimum Gasteiger partial charge on any atom is -0.462 e. The Balaban J connectivity index is 4.19. The van der Waals surface area contributed by atoms with Crippen LogP contribution in [0.4, 0.5) is 0 Å². The maximum absolute atomic E-state index is 12.8. The van der Waals surface area contributed by atoms with Crippen LogP contribution in [0, 0.1) is 0 Å². The minimum atomic E-state index is -0.776. The van der Waals surface area contributed by atoms with Gasteiger partial charge in [-0.1, -0.05) is 298 Å². The summed E-state index contributed by atoms with van der Waals surface area (Å²) in [7, 11) is 0. The van der Waals surface area contributed by atoms with Crippen LogP contribution in [-0.4, -0.2) is 37.2 Å². The van der Waals surface area contributed by atoms with E-state index in [0.29, 0.717) is 19.3 Å². The first-order valence-electron chi connectivity index (χ1n) is 31.7. The lowest BCUT2D eigenvalue weighted by Gasteiger charge is -2.18. The highest BCUT2D eigenvalue weighted by Gasteiger charge is 2.19. The second-order valence-corrected chi connectivity index (χ2v) is 21.0. The van der Waals surface area contributed by atoms with Gasteiger partial charge in [-0.15, -0.1) is 0 Å². The number of hydrogen-bond donors (Lipinski definition) is 0. The molecule has 75 heavy (non-hydrogen) atoms. The summed E-state index contributed by atoms with van der Waals surface area (Å²) in [6.45, 7) is 6.53. The quantitative estimate of drug-likeness (QED) is 0.0261. The molecule has 0 aromatic rings. The zero-order valence-electron chi connectivity index (χ0n) is 49.3. The number of hydrogen-bond acceptors (Lipinski definition) is 6. The Hall–Kier alpha value is -3.67. The van der Waals surface area contributed by atoms with Gasteiger partial charge in [-0.2, -0.15) is 0 Å². The zero-order valence-corrected chi connectivity index (χ0v) is 49.3. The lowest BCUT2D eigenvalue weighted by Crippen LogP contribution is -2.30. The molecule has 6 nitrogen and oxygen atoms in total. The SMILES string of the molecule is CC/C=C\C/C=C\C/C=C\C/C=C\C/C=C\C/C=C\C/C=C\C/C=C\CCCCCCCCCCC(=O)OCC(COC(=O)CCCCCCCCCCCCC)OC(=O)CCCCCCCCCCCCCCC. The van der Waals surface area contributed by atoms with Crippen LogP contribution in [0.15, 0.2) is 97.2 Å². The van der Waals surface area contributed by atoms with Crippen molar-refractivity contribution in [3.05, 3.63) is 97.2 Å². The summed E-state index contributed by atoms with van der Waals surface area (Å²) in [5, 5.41) is 0. The maximum Gasteiger partial charge on any atom is 0.306 e. The highest BCUT2D eigenvalue weighted by molar-refractivity contribution is 5.71. The van der Waals surface area contributed by atoms with E-state index in [1.807, 2.05) is 0 Å². The summed E-state index contributed by atoms with van der Waals surface area (Å²) in [5.41, 5.74) is 0. The molecular weight excluding hydrogens is 925 g/mol. The fraction of sp³-hybridized carbons (Fsp3) is 0.725. The molecule has 0 heterocycles. The Morgan fingerprint density at radius 1 is 0.280 bits per heavy atom. The molecule has 0 spiro atoms. The molecule has 0 rings (SSSR count). The van der Waals surface area contributed by atoms with Gasteiger partial charge in [-0.25, -0.2) is 0 Å². The third-order valence-corrected chi connectivity index (χ3v) is 13.6. The van der Waals surface area contributed by atoms with Gasteiger partial charge < -0.3 is 14.2 Å². The third-order valence-electron chi connectivity index (χ3n) is 13.6. The fourth-order valence-corrected chi connectivity index (χ4v) is 8.87. The highest BCUT2D eigenvalue weighted by Crippen LogP contribution is 2.16. The highest BCUT2D eigenvalue weighted by atomic mass is 16.6. The molecule has 430 valence electrons. The molecule has 0 aromatic heterocycles. The average molecular weight is 1040 g/mol. The lowest BCUT2D eigenvalue weighted by atomic mass is 10.0. The van der Waals surface area contributed by atoms with Gasteiger partial charge in [0.15, 0.2) is 6.10 Å². The van der Waals surface area contributed by atoms with Gasteiger partial charge in [0.2, 0.25) is 0 Å². The Kier molecular flexibility index (Phi) is 59.8. The van der Waals surface area contributed by atoms with Crippen molar-refractivity contribution in [1.82, 2.24) is 0 Å². The second-order valence-electron chi connectivity index (χ2n) is 21.0. The first-order chi connectivity index (χ1) is 37.0. The Morgan fingerprint density at radius 3 is 0.813 bits per heavy atom. The number of allylic oxidation sites excluding steroid dienone is 16. The smallest absolute Gasteiger partial charge is 0.306 e. The number of carbonyl (C=O) groups excluding carboxylic acids is 3. The van der Waals surface area contributed by atoms with E-state index in [-0.39, 0.29) is 31.1 Å². The number of unbranched alkanes of at least 4 members (excludes halogenated alkanes) is 30. The predicted molar refractivity (Wildman–Crippen MR) is 325 cm³/mol. The van der Waals surface area contributed by atoms with Crippen molar-refractivity contribution >= 4 is 17.9 Å². The summed E-state index contributed by atoms with van der Waals surface area (Å²) < 4.78 is 16.9. The standard InChI is InChI=1S/C69H118O6/c1-4-7-10-13-16-19-22-24-25-26-27-28-29-30-31-32-33-34-35-36-37-38-39-40-41-42-43-45-47-50-53-56-59-62-68(71)74-65-66(64-73-67(70)61-58-55-52-49-46-21-18-15-12-9-6-3)75-69(72)63-60-57-54-51-48-44-23-20-17-14-11-8-5-2/h7,10,16,19,24-25,27-28,30-31,33-34,36-37,39-40,66H,4-6,8-9,11-15,17-18,20-23,26,29,32,35,38,41-65H2,1-3H3/b10-7-,19-16-,25-24-,28-27-,31-30-,34-33-,37-36-,40-39-. The number of ether oxygens (including phenoxy) is 3. The van der Waals surface area contributed by atoms with Crippen LogP contribution in [0.5, 0.6) is 0 Å². The van der Waals surface area contributed by atoms with E-state index >= 15 is 0 Å². The van der Waals surface area contributed by atoms with Crippen molar-refractivity contribution in [2.45, 2.75) is 309 Å². The molecule has 0 aliphatic rings. The predicted octanol–water partition coefficient (Wildman–Crippen LogP) is 21.7. The largest absolute Gasteiger partial charge is 0.462 e. The van der Waals surface area contributed by atoms with Crippen LogP contribution in [0.2, 0.25) is 0 Å². The minimum absolute atomic E-state index is 0.0750. The molecular formula is C69H118O6. The Morgan fingerprint density at radius 2 is 0.520 bits per heavy atom. The van der Waals surface area contributed by atoms with Gasteiger partial charge in [-0.3, -0.25) is 14.4 Å². The zero-order chi connectivity index (χ0) is 54.3. The van der Waals surface area contributed by atoms with Crippen LogP contribution in [0.25, 0.3) is 0 Å². The molecule has 0 aliphatic carbocycles. The molecule has 0 fully saturated rings. The van der Waals surface area contributed by atoms with E-state index in [2.05, 4.69) is 118 Å². The number of rotatable bonds is 57. The molecule has 0 saturated carbocycles. The van der Waals surface area contributed by atoms with Crippen LogP contribution >= 0.6 is 0 Å². The van der Waals surface area contributed by atoms with Crippen molar-refractivity contribution in [3.63, 3.8) is 0 Å². The van der Waals surface area contributed by atoms with E-state index in [4.69, 9.17) is 14.2 Å². The van der Waals surface area contributed by atoms with Gasteiger partial charge in [0.1, 0.15) is 13.2 Å². The van der Waals surface area contributed by atoms with Gasteiger partial charge >= 0.3 is 17.9 Å². The van der Waals surface area contributed by atoms with Crippen molar-refractivity contribution in [2.24, 2.45) is 0 Å². The van der Waals surface area contributed by atoms with Crippen LogP contribution in [0.1, 0.15) is 303 Å². The van der Waals surface area contributed by atoms with Gasteiger partial charge in [-0.05, 0) is 83.5 Å². The van der Waals surface area contributed by atoms with E-state index in [1.165, 1.54) is 148 Å². The van der Waals surface area contributed by atoms with Crippen LogP contribution < -0.4 is 0 Å². The summed E-state index contributed by atoms with van der Waals surface area (Å²) in [6.07, 6.45) is 84.2. The lowest BCUT2D eigenvalue weighted by molar-refractivity contribution is -0.167. The Labute approximate surface area is 464 Å². The molecule has 0 aliphatic heterocycles. The van der Waals surface area contributed by atoms with Gasteiger partial charge in [0.05, 0.1) is 0 Å². The molecule has 0 N–H and O–H groups in total. The number of carbonyl (C=O) groups is 3. The average Bonchev–Trinajstić information content (AvgIpc) is 3.41. The third kappa shape index (κ3) is 61.1. The van der Waals surface area contributed by atoms with Crippen LogP contribution in [-0.2, 0) is 28.6 Å². The van der Waals surface area contributed by atoms with E-state index in [9.17, 15) is 14.4 Å². The monoisotopic (exact) mass is 1040 g/mol. The normalized spacial score (nSPS) is 12.7. The summed E-state index contributed by atoms with van der Waals surface area (Å²) in [4.78, 5) is 38.1. The van der Waals surface area contributed by atoms with E-state index < -0.39 is 6.10 Å². The fourth-order valence-electron chi connectivity index (χ4n) is 8.87. The first kappa shape index (κ1) is 71.3. The van der Waals surface area contributed by atoms with Crippen LogP contribution in [0.3, 0.4) is 0 Å². The van der Waals surface area contributed by atoms with Crippen molar-refractivity contribution in [2.75, 3.05) is 13.2 Å². The van der Waals surface area contributed by atoms with E-state index in [1.54, 1.807) is 0 Å². The van der Waals surface area contributed by atoms with Gasteiger partial charge in [0, 0.05) is 19.3 Å². The van der Waals surface area contributed by atoms with Crippen molar-refractivity contribution < 1.29 is 28.6 Å². The molecule has 1 atom stereocenters.